The Bertz CT molecular complexity index is 745. The third-order valence-electron chi connectivity index (χ3n) is 2.95. The minimum absolute atomic E-state index is 0.0789. The molecule has 0 aliphatic heterocycles. The van der Waals surface area contributed by atoms with Crippen LogP contribution in [0.25, 0.3) is 6.08 Å². The lowest BCUT2D eigenvalue weighted by Crippen LogP contribution is -1.96. The van der Waals surface area contributed by atoms with Gasteiger partial charge in [-0.3, -0.25) is 14.9 Å². The number of allylic oxidation sites excluding steroid dienone is 1. The quantitative estimate of drug-likeness (QED) is 0.395. The molecule has 0 amide bonds. The van der Waals surface area contributed by atoms with E-state index in [1.807, 2.05) is 0 Å². The summed E-state index contributed by atoms with van der Waals surface area (Å²) in [6, 6.07) is 11.4. The van der Waals surface area contributed by atoms with Gasteiger partial charge in [-0.15, -0.1) is 0 Å². The molecule has 0 atom stereocenters. The van der Waals surface area contributed by atoms with E-state index in [9.17, 15) is 19.7 Å². The number of rotatable bonds is 5. The molecule has 0 heterocycles. The molecule has 110 valence electrons. The first-order valence-corrected chi connectivity index (χ1v) is 6.27. The molecule has 0 saturated carbocycles. The molecule has 0 fully saturated rings. The summed E-state index contributed by atoms with van der Waals surface area (Å²) in [5, 5.41) is 19.3. The van der Waals surface area contributed by atoms with Gasteiger partial charge in [0.05, 0.1) is 10.5 Å². The summed E-state index contributed by atoms with van der Waals surface area (Å²) < 4.78 is 0. The number of hydrogen-bond donors (Lipinski definition) is 1. The van der Waals surface area contributed by atoms with E-state index in [4.69, 9.17) is 5.11 Å². The van der Waals surface area contributed by atoms with Gasteiger partial charge in [-0.2, -0.15) is 0 Å². The van der Waals surface area contributed by atoms with E-state index >= 15 is 0 Å². The first-order chi connectivity index (χ1) is 10.5. The number of carbonyl (C=O) groups is 2. The smallest absolute Gasteiger partial charge is 0.335 e. The lowest BCUT2D eigenvalue weighted by molar-refractivity contribution is -0.384. The Morgan fingerprint density at radius 2 is 1.50 bits per heavy atom. The number of nitro benzene ring substituents is 1. The van der Waals surface area contributed by atoms with Crippen molar-refractivity contribution in [3.8, 4) is 0 Å². The van der Waals surface area contributed by atoms with Crippen LogP contribution in [0.2, 0.25) is 0 Å². The largest absolute Gasteiger partial charge is 0.478 e. The Morgan fingerprint density at radius 3 is 2.00 bits per heavy atom. The first kappa shape index (κ1) is 15.1. The number of ketones is 1. The number of carboxylic acids is 1. The Balaban J connectivity index is 2.10. The Kier molecular flexibility index (Phi) is 4.43. The van der Waals surface area contributed by atoms with Crippen molar-refractivity contribution in [2.75, 3.05) is 0 Å². The van der Waals surface area contributed by atoms with Crippen molar-refractivity contribution in [2.24, 2.45) is 0 Å². The molecule has 0 aliphatic rings. The number of hydrogen-bond acceptors (Lipinski definition) is 4. The van der Waals surface area contributed by atoms with Gasteiger partial charge in [-0.1, -0.05) is 18.2 Å². The lowest BCUT2D eigenvalue weighted by atomic mass is 10.1. The average molecular weight is 297 g/mol. The standard InChI is InChI=1S/C16H11NO5/c18-15(12-6-8-14(9-7-12)17(21)22)10-3-11-1-4-13(5-2-11)16(19)20/h1-10H,(H,19,20). The minimum Gasteiger partial charge on any atom is -0.478 e. The zero-order valence-corrected chi connectivity index (χ0v) is 11.3. The van der Waals surface area contributed by atoms with Gasteiger partial charge in [0.15, 0.2) is 5.78 Å². The number of carboxylic acid groups (broad SMARTS) is 1. The number of aromatic carboxylic acids is 1. The van der Waals surface area contributed by atoms with Gasteiger partial charge in [0.1, 0.15) is 0 Å². The minimum atomic E-state index is -1.02. The van der Waals surface area contributed by atoms with E-state index in [-0.39, 0.29) is 17.0 Å². The highest BCUT2D eigenvalue weighted by molar-refractivity contribution is 6.06. The maximum absolute atomic E-state index is 11.9. The van der Waals surface area contributed by atoms with Crippen LogP contribution in [0.4, 0.5) is 5.69 Å². The predicted octanol–water partition coefficient (Wildman–Crippen LogP) is 3.19. The lowest BCUT2D eigenvalue weighted by Gasteiger charge is -1.97. The highest BCUT2D eigenvalue weighted by Gasteiger charge is 2.07. The Labute approximate surface area is 125 Å². The van der Waals surface area contributed by atoms with E-state index in [0.29, 0.717) is 11.1 Å². The van der Waals surface area contributed by atoms with Gasteiger partial charge < -0.3 is 5.11 Å². The Morgan fingerprint density at radius 1 is 0.955 bits per heavy atom. The van der Waals surface area contributed by atoms with Gasteiger partial charge >= 0.3 is 5.97 Å². The van der Waals surface area contributed by atoms with Crippen LogP contribution >= 0.6 is 0 Å². The summed E-state index contributed by atoms with van der Waals surface area (Å²) in [6.07, 6.45) is 2.88. The molecule has 0 saturated heterocycles. The fourth-order valence-electron chi connectivity index (χ4n) is 1.75. The molecule has 0 spiro atoms. The van der Waals surface area contributed by atoms with Crippen LogP contribution in [-0.4, -0.2) is 21.8 Å². The highest BCUT2D eigenvalue weighted by atomic mass is 16.6. The summed E-state index contributed by atoms with van der Waals surface area (Å²) in [7, 11) is 0. The van der Waals surface area contributed by atoms with E-state index in [1.165, 1.54) is 42.5 Å². The van der Waals surface area contributed by atoms with Gasteiger partial charge in [0.2, 0.25) is 0 Å². The van der Waals surface area contributed by atoms with E-state index < -0.39 is 10.9 Å². The van der Waals surface area contributed by atoms with Crippen LogP contribution in [0.5, 0.6) is 0 Å². The molecule has 2 aromatic rings. The average Bonchev–Trinajstić information content (AvgIpc) is 2.53. The second kappa shape index (κ2) is 6.45. The third-order valence-corrected chi connectivity index (χ3v) is 2.95. The Hall–Kier alpha value is -3.28. The molecule has 2 aromatic carbocycles. The summed E-state index contributed by atoms with van der Waals surface area (Å²) in [5.41, 5.74) is 1.10. The molecule has 6 nitrogen and oxygen atoms in total. The van der Waals surface area contributed by atoms with Crippen LogP contribution in [0.15, 0.2) is 54.6 Å². The number of benzene rings is 2. The molecule has 2 rings (SSSR count). The van der Waals surface area contributed by atoms with Crippen molar-refractivity contribution in [3.05, 3.63) is 81.4 Å². The van der Waals surface area contributed by atoms with Crippen LogP contribution in [0.1, 0.15) is 26.3 Å². The van der Waals surface area contributed by atoms with Crippen LogP contribution in [0, 0.1) is 10.1 Å². The molecule has 0 aliphatic carbocycles. The molecule has 1 N–H and O–H groups in total. The molecule has 22 heavy (non-hydrogen) atoms. The SMILES string of the molecule is O=C(O)c1ccc(C=CC(=O)c2ccc([N+](=O)[O-])cc2)cc1. The van der Waals surface area contributed by atoms with Crippen molar-refractivity contribution in [1.29, 1.82) is 0 Å². The molecular formula is C16H11NO5. The van der Waals surface area contributed by atoms with Crippen LogP contribution < -0.4 is 0 Å². The topological polar surface area (TPSA) is 97.5 Å². The highest BCUT2D eigenvalue weighted by Crippen LogP contribution is 2.13. The van der Waals surface area contributed by atoms with Crippen molar-refractivity contribution < 1.29 is 19.6 Å². The molecule has 0 unspecified atom stereocenters. The maximum Gasteiger partial charge on any atom is 0.335 e. The summed E-state index contributed by atoms with van der Waals surface area (Å²) in [5.74, 6) is -1.31. The monoisotopic (exact) mass is 297 g/mol. The van der Waals surface area contributed by atoms with Crippen molar-refractivity contribution >= 4 is 23.5 Å². The van der Waals surface area contributed by atoms with Crippen molar-refractivity contribution in [2.45, 2.75) is 0 Å². The van der Waals surface area contributed by atoms with E-state index in [0.717, 1.165) is 0 Å². The zero-order valence-electron chi connectivity index (χ0n) is 11.3. The predicted molar refractivity (Wildman–Crippen MR) is 79.9 cm³/mol. The van der Waals surface area contributed by atoms with Gasteiger partial charge in [0.25, 0.3) is 5.69 Å². The van der Waals surface area contributed by atoms with E-state index in [1.54, 1.807) is 18.2 Å². The number of carbonyl (C=O) groups excluding carboxylic acids is 1. The normalized spacial score (nSPS) is 10.5. The molecule has 0 bridgehead atoms. The third kappa shape index (κ3) is 3.63. The van der Waals surface area contributed by atoms with Crippen LogP contribution in [-0.2, 0) is 0 Å². The summed E-state index contributed by atoms with van der Waals surface area (Å²) >= 11 is 0. The number of nitro groups is 1. The van der Waals surface area contributed by atoms with Gasteiger partial charge in [-0.05, 0) is 35.9 Å². The molecule has 6 heteroatoms. The van der Waals surface area contributed by atoms with Crippen molar-refractivity contribution in [3.63, 3.8) is 0 Å². The fraction of sp³-hybridized carbons (Fsp3) is 0. The van der Waals surface area contributed by atoms with Crippen molar-refractivity contribution in [1.82, 2.24) is 0 Å². The summed E-state index contributed by atoms with van der Waals surface area (Å²) in [6.45, 7) is 0. The zero-order chi connectivity index (χ0) is 16.1. The van der Waals surface area contributed by atoms with Crippen LogP contribution in [0.3, 0.4) is 0 Å². The molecule has 0 aromatic heterocycles. The number of non-ortho nitro benzene ring substituents is 1. The van der Waals surface area contributed by atoms with Gasteiger partial charge in [-0.25, -0.2) is 4.79 Å². The summed E-state index contributed by atoms with van der Waals surface area (Å²) in [4.78, 5) is 32.6. The number of nitrogens with zero attached hydrogens (tertiary/aromatic N) is 1. The van der Waals surface area contributed by atoms with Gasteiger partial charge in [0, 0.05) is 17.7 Å². The second-order valence-corrected chi connectivity index (χ2v) is 4.43. The molecular weight excluding hydrogens is 286 g/mol. The fourth-order valence-corrected chi connectivity index (χ4v) is 1.75. The first-order valence-electron chi connectivity index (χ1n) is 6.27. The van der Waals surface area contributed by atoms with E-state index in [2.05, 4.69) is 0 Å². The second-order valence-electron chi connectivity index (χ2n) is 4.43. The maximum atomic E-state index is 11.9. The molecule has 0 radical (unpaired) electrons.